The molecule has 18 heavy (non-hydrogen) atoms. The highest BCUT2D eigenvalue weighted by molar-refractivity contribution is 5.50. The first-order valence-electron chi connectivity index (χ1n) is 5.44. The molecule has 0 aromatic heterocycles. The topological polar surface area (TPSA) is 42.2 Å². The summed E-state index contributed by atoms with van der Waals surface area (Å²) < 4.78 is 38.0. The van der Waals surface area contributed by atoms with Crippen LogP contribution >= 0.6 is 0 Å². The lowest BCUT2D eigenvalue weighted by Gasteiger charge is -2.21. The van der Waals surface area contributed by atoms with Gasteiger partial charge in [-0.05, 0) is 19.1 Å². The van der Waals surface area contributed by atoms with Crippen LogP contribution in [0.2, 0.25) is 0 Å². The predicted octanol–water partition coefficient (Wildman–Crippen LogP) is 3.41. The van der Waals surface area contributed by atoms with Gasteiger partial charge in [0.1, 0.15) is 11.5 Å². The summed E-state index contributed by atoms with van der Waals surface area (Å²) in [6, 6.07) is 4.48. The van der Waals surface area contributed by atoms with Crippen molar-refractivity contribution in [2.24, 2.45) is 0 Å². The number of halogens is 2. The molecule has 0 bridgehead atoms. The van der Waals surface area contributed by atoms with E-state index in [0.29, 0.717) is 11.3 Å². The zero-order chi connectivity index (χ0) is 13.8. The van der Waals surface area contributed by atoms with E-state index < -0.39 is 12.3 Å². The molecule has 0 atom stereocenters. The maximum atomic E-state index is 13.9. The molecule has 3 nitrogen and oxygen atoms in total. The van der Waals surface area contributed by atoms with Crippen molar-refractivity contribution in [1.82, 2.24) is 0 Å². The minimum atomic E-state index is -3.09. The third-order valence-electron chi connectivity index (χ3n) is 2.73. The Bertz CT molecular complexity index is 467. The van der Waals surface area contributed by atoms with E-state index in [9.17, 15) is 8.78 Å². The van der Waals surface area contributed by atoms with Crippen LogP contribution in [-0.2, 0) is 5.92 Å². The molecule has 98 valence electrons. The number of nitriles is 1. The number of methoxy groups -OCH3 is 2. The molecule has 1 rings (SSSR count). The predicted molar refractivity (Wildman–Crippen MR) is 63.0 cm³/mol. The molecule has 0 aliphatic carbocycles. The van der Waals surface area contributed by atoms with E-state index in [4.69, 9.17) is 14.7 Å². The number of nitrogens with zero attached hydrogens (tertiary/aromatic N) is 1. The van der Waals surface area contributed by atoms with Gasteiger partial charge in [-0.3, -0.25) is 0 Å². The van der Waals surface area contributed by atoms with Crippen LogP contribution in [0.25, 0.3) is 0 Å². The van der Waals surface area contributed by atoms with Gasteiger partial charge in [-0.15, -0.1) is 0 Å². The van der Waals surface area contributed by atoms with Crippen LogP contribution < -0.4 is 9.47 Å². The van der Waals surface area contributed by atoms with E-state index in [1.165, 1.54) is 26.4 Å². The fourth-order valence-corrected chi connectivity index (χ4v) is 1.79. The summed E-state index contributed by atoms with van der Waals surface area (Å²) in [4.78, 5) is 0. The molecule has 0 fully saturated rings. The smallest absolute Gasteiger partial charge is 0.277 e. The number of alkyl halides is 2. The maximum absolute atomic E-state index is 13.9. The van der Waals surface area contributed by atoms with Gasteiger partial charge >= 0.3 is 0 Å². The van der Waals surface area contributed by atoms with Crippen LogP contribution in [0.3, 0.4) is 0 Å². The Balaban J connectivity index is 3.25. The zero-order valence-electron chi connectivity index (χ0n) is 10.6. The van der Waals surface area contributed by atoms with E-state index in [-0.39, 0.29) is 17.7 Å². The van der Waals surface area contributed by atoms with Crippen LogP contribution in [-0.4, -0.2) is 14.2 Å². The van der Waals surface area contributed by atoms with Gasteiger partial charge in [0.15, 0.2) is 0 Å². The number of benzene rings is 1. The molecule has 0 amide bonds. The maximum Gasteiger partial charge on any atom is 0.277 e. The molecule has 1 aromatic rings. The summed E-state index contributed by atoms with van der Waals surface area (Å²) in [5.41, 5.74) is 0.313. The second-order valence-electron chi connectivity index (χ2n) is 3.84. The van der Waals surface area contributed by atoms with Crippen molar-refractivity contribution in [3.63, 3.8) is 0 Å². The molecule has 0 heterocycles. The Morgan fingerprint density at radius 1 is 1.28 bits per heavy atom. The van der Waals surface area contributed by atoms with E-state index in [0.717, 1.165) is 0 Å². The Morgan fingerprint density at radius 3 is 2.44 bits per heavy atom. The van der Waals surface area contributed by atoms with Crippen molar-refractivity contribution in [1.29, 1.82) is 5.26 Å². The molecule has 0 spiro atoms. The summed E-state index contributed by atoms with van der Waals surface area (Å²) >= 11 is 0. The van der Waals surface area contributed by atoms with Crippen LogP contribution in [0, 0.1) is 18.3 Å². The standard InChI is InChI=1S/C13H15F2NO2/c1-9-11(17-2)6-5-10(12(9)18-3)13(14,15)7-4-8-16/h5-6H,4,7H2,1-3H3. The third-order valence-corrected chi connectivity index (χ3v) is 2.73. The zero-order valence-corrected chi connectivity index (χ0v) is 10.6. The lowest BCUT2D eigenvalue weighted by atomic mass is 9.99. The minimum absolute atomic E-state index is 0.109. The summed E-state index contributed by atoms with van der Waals surface area (Å²) in [5.74, 6) is -2.48. The van der Waals surface area contributed by atoms with Crippen LogP contribution in [0.1, 0.15) is 24.0 Å². The average molecular weight is 255 g/mol. The number of hydrogen-bond donors (Lipinski definition) is 0. The molecule has 0 aliphatic heterocycles. The number of rotatable bonds is 5. The van der Waals surface area contributed by atoms with Crippen molar-refractivity contribution >= 4 is 0 Å². The molecule has 0 aliphatic rings. The highest BCUT2D eigenvalue weighted by atomic mass is 19.3. The molecular weight excluding hydrogens is 240 g/mol. The summed E-state index contributed by atoms with van der Waals surface area (Å²) in [5, 5.41) is 8.41. The van der Waals surface area contributed by atoms with Gasteiger partial charge < -0.3 is 9.47 Å². The quantitative estimate of drug-likeness (QED) is 0.809. The van der Waals surface area contributed by atoms with Crippen molar-refractivity contribution in [3.8, 4) is 17.6 Å². The first-order chi connectivity index (χ1) is 8.47. The van der Waals surface area contributed by atoms with Gasteiger partial charge in [0.2, 0.25) is 0 Å². The second kappa shape index (κ2) is 5.67. The fraction of sp³-hybridized carbons (Fsp3) is 0.462. The van der Waals surface area contributed by atoms with Crippen molar-refractivity contribution in [2.45, 2.75) is 25.7 Å². The molecular formula is C13H15F2NO2. The van der Waals surface area contributed by atoms with Crippen molar-refractivity contribution < 1.29 is 18.3 Å². The minimum Gasteiger partial charge on any atom is -0.496 e. The molecule has 5 heteroatoms. The van der Waals surface area contributed by atoms with Gasteiger partial charge in [-0.25, -0.2) is 8.78 Å². The molecule has 0 saturated heterocycles. The summed E-state index contributed by atoms with van der Waals surface area (Å²) in [6.07, 6.45) is -0.729. The Labute approximate surface area is 105 Å². The Kier molecular flexibility index (Phi) is 4.49. The fourth-order valence-electron chi connectivity index (χ4n) is 1.79. The van der Waals surface area contributed by atoms with Gasteiger partial charge in [0.25, 0.3) is 5.92 Å². The third kappa shape index (κ3) is 2.70. The van der Waals surface area contributed by atoms with Crippen molar-refractivity contribution in [3.05, 3.63) is 23.3 Å². The SMILES string of the molecule is COc1ccc(C(F)(F)CCC#N)c(OC)c1C. The summed E-state index contributed by atoms with van der Waals surface area (Å²) in [7, 11) is 2.81. The average Bonchev–Trinajstić information content (AvgIpc) is 2.36. The first-order valence-corrected chi connectivity index (χ1v) is 5.44. The largest absolute Gasteiger partial charge is 0.496 e. The normalized spacial score (nSPS) is 10.9. The number of ether oxygens (including phenoxy) is 2. The van der Waals surface area contributed by atoms with Gasteiger partial charge in [-0.1, -0.05) is 0 Å². The van der Waals surface area contributed by atoms with E-state index in [2.05, 4.69) is 0 Å². The first kappa shape index (κ1) is 14.2. The molecule has 0 saturated carbocycles. The highest BCUT2D eigenvalue weighted by Gasteiger charge is 2.35. The van der Waals surface area contributed by atoms with E-state index >= 15 is 0 Å². The van der Waals surface area contributed by atoms with Crippen LogP contribution in [0.5, 0.6) is 11.5 Å². The van der Waals surface area contributed by atoms with Crippen LogP contribution in [0.15, 0.2) is 12.1 Å². The van der Waals surface area contributed by atoms with Gasteiger partial charge in [0.05, 0.1) is 25.9 Å². The lowest BCUT2D eigenvalue weighted by molar-refractivity contribution is -0.0141. The molecule has 0 unspecified atom stereocenters. The Hall–Kier alpha value is -1.83. The van der Waals surface area contributed by atoms with E-state index in [1.54, 1.807) is 13.0 Å². The molecule has 1 aromatic carbocycles. The highest BCUT2D eigenvalue weighted by Crippen LogP contribution is 2.42. The number of hydrogen-bond acceptors (Lipinski definition) is 3. The monoisotopic (exact) mass is 255 g/mol. The van der Waals surface area contributed by atoms with Gasteiger partial charge in [-0.2, -0.15) is 5.26 Å². The molecule has 0 radical (unpaired) electrons. The van der Waals surface area contributed by atoms with E-state index in [1.807, 2.05) is 0 Å². The van der Waals surface area contributed by atoms with Crippen LogP contribution in [0.4, 0.5) is 8.78 Å². The van der Waals surface area contributed by atoms with Gasteiger partial charge in [0, 0.05) is 18.4 Å². The second-order valence-corrected chi connectivity index (χ2v) is 3.84. The van der Waals surface area contributed by atoms with Crippen molar-refractivity contribution in [2.75, 3.05) is 14.2 Å². The Morgan fingerprint density at radius 2 is 1.94 bits per heavy atom. The lowest BCUT2D eigenvalue weighted by Crippen LogP contribution is -2.15. The summed E-state index contributed by atoms with van der Waals surface area (Å²) in [6.45, 7) is 1.65. The molecule has 0 N–H and O–H groups in total.